The van der Waals surface area contributed by atoms with Crippen LogP contribution in [0.15, 0.2) is 39.1 Å². The predicted octanol–water partition coefficient (Wildman–Crippen LogP) is 4.06. The predicted molar refractivity (Wildman–Crippen MR) is 194 cm³/mol. The molecular weight excluding hydrogens is 761 g/mol. The summed E-state index contributed by atoms with van der Waals surface area (Å²) in [5, 5.41) is 20.5. The number of ketones is 1. The summed E-state index contributed by atoms with van der Waals surface area (Å²) in [5.41, 5.74) is 11.5. The van der Waals surface area contributed by atoms with E-state index in [0.29, 0.717) is 12.0 Å². The van der Waals surface area contributed by atoms with Gasteiger partial charge in [0.1, 0.15) is 0 Å². The molecule has 6 heterocycles. The molecule has 256 valence electrons. The first-order valence-corrected chi connectivity index (χ1v) is 23.9. The summed E-state index contributed by atoms with van der Waals surface area (Å²) >= 11 is -3.70. The van der Waals surface area contributed by atoms with Crippen LogP contribution in [0.4, 0.5) is 0 Å². The number of allylic oxidation sites excluding steroid dienone is 4. The molecule has 4 aliphatic heterocycles. The fourth-order valence-corrected chi connectivity index (χ4v) is 17.3. The molecule has 7 rings (SSSR count). The number of amides is 1. The zero-order valence-electron chi connectivity index (χ0n) is 28.6. The molecule has 2 N–H and O–H groups in total. The number of Topliss-reactive ketones (excluding diaryl/α,β-unsaturated/α-hetero) is 1. The number of halogens is 1. The Kier molecular flexibility index (Phi) is 8.61. The Hall–Kier alpha value is -4.16. The number of nitrogens with zero attached hydrogens (tertiary/aromatic N) is 5. The average Bonchev–Trinajstić information content (AvgIpc) is 3.79. The molecule has 6 bridgehead atoms. The van der Waals surface area contributed by atoms with Crippen molar-refractivity contribution in [2.75, 3.05) is 13.1 Å². The molecule has 2 aromatic rings. The molecule has 2 aromatic heterocycles. The summed E-state index contributed by atoms with van der Waals surface area (Å²) in [4.78, 5) is 61.4. The SMILES string of the molecule is C=Cc1c(C)c2[n]3c1=CC1=NC(=Cc4c(C)c5c([n]4[In]3[Cl])C(=C3N=C(C=2)[C@@H](C)[C@@H]3CCC(=O)N(CC(=O)O)CC(=O)O)CC5=O)C(CC)=C1C. The second kappa shape index (κ2) is 12.6. The maximum absolute atomic E-state index is 14.0. The number of carbonyl (C=O) groups excluding carboxylic acids is 2. The van der Waals surface area contributed by atoms with E-state index in [-0.39, 0.29) is 30.5 Å². The van der Waals surface area contributed by atoms with E-state index in [4.69, 9.17) is 18.6 Å². The molecular formula is C37H37ClInN5O6. The van der Waals surface area contributed by atoms with Gasteiger partial charge in [0.05, 0.1) is 0 Å². The number of fused-ring (bicyclic) bond motifs is 2. The number of carbonyl (C=O) groups is 4. The number of hydrogen-bond acceptors (Lipinski definition) is 6. The van der Waals surface area contributed by atoms with Crippen LogP contribution in [0.3, 0.4) is 0 Å². The first-order valence-electron chi connectivity index (χ1n) is 16.8. The van der Waals surface area contributed by atoms with Gasteiger partial charge >= 0.3 is 302 Å². The minimum atomic E-state index is -3.70. The zero-order valence-corrected chi connectivity index (χ0v) is 32.7. The van der Waals surface area contributed by atoms with Crippen molar-refractivity contribution < 1.29 is 29.4 Å². The molecule has 0 saturated heterocycles. The van der Waals surface area contributed by atoms with Crippen molar-refractivity contribution in [2.45, 2.75) is 60.3 Å². The molecule has 0 unspecified atom stereocenters. The third-order valence-corrected chi connectivity index (χ3v) is 19.0. The van der Waals surface area contributed by atoms with Gasteiger partial charge in [-0.25, -0.2) is 0 Å². The van der Waals surface area contributed by atoms with Crippen LogP contribution in [0, 0.1) is 25.7 Å². The van der Waals surface area contributed by atoms with Gasteiger partial charge < -0.3 is 0 Å². The quantitative estimate of drug-likeness (QED) is 0.392. The topological polar surface area (TPSA) is 147 Å². The molecule has 11 nitrogen and oxygen atoms in total. The van der Waals surface area contributed by atoms with Crippen molar-refractivity contribution >= 4 is 94.3 Å². The molecule has 0 aromatic carbocycles. The average molecular weight is 798 g/mol. The van der Waals surface area contributed by atoms with Crippen LogP contribution in [0.2, 0.25) is 0 Å². The summed E-state index contributed by atoms with van der Waals surface area (Å²) in [6, 6.07) is 0. The number of carboxylic acids is 2. The van der Waals surface area contributed by atoms with Crippen molar-refractivity contribution in [2.24, 2.45) is 21.8 Å². The monoisotopic (exact) mass is 797 g/mol. The number of hydrogen-bond donors (Lipinski definition) is 2. The molecule has 13 heteroatoms. The molecule has 0 radical (unpaired) electrons. The first-order chi connectivity index (χ1) is 23.8. The van der Waals surface area contributed by atoms with E-state index >= 15 is 0 Å². The van der Waals surface area contributed by atoms with Crippen LogP contribution < -0.4 is 10.7 Å². The van der Waals surface area contributed by atoms with Crippen molar-refractivity contribution in [3.8, 4) is 0 Å². The summed E-state index contributed by atoms with van der Waals surface area (Å²) in [5.74, 6) is -3.60. The third kappa shape index (κ3) is 5.16. The number of carboxylic acid groups (broad SMARTS) is 2. The zero-order chi connectivity index (χ0) is 35.9. The van der Waals surface area contributed by atoms with Crippen LogP contribution in [0.25, 0.3) is 29.9 Å². The summed E-state index contributed by atoms with van der Waals surface area (Å²) in [6.07, 6.45) is 9.32. The van der Waals surface area contributed by atoms with Gasteiger partial charge in [0.2, 0.25) is 0 Å². The van der Waals surface area contributed by atoms with Crippen LogP contribution in [-0.2, 0) is 14.4 Å². The maximum atomic E-state index is 14.0. The van der Waals surface area contributed by atoms with E-state index in [1.807, 2.05) is 19.9 Å². The molecule has 1 amide bonds. The van der Waals surface area contributed by atoms with E-state index in [1.165, 1.54) is 0 Å². The molecule has 0 spiro atoms. The second-order valence-electron chi connectivity index (χ2n) is 13.5. The van der Waals surface area contributed by atoms with E-state index < -0.39 is 51.8 Å². The van der Waals surface area contributed by atoms with Crippen LogP contribution in [0.1, 0.15) is 84.9 Å². The van der Waals surface area contributed by atoms with Crippen LogP contribution in [-0.4, -0.2) is 89.2 Å². The summed E-state index contributed by atoms with van der Waals surface area (Å²) in [6.45, 7) is 13.1. The van der Waals surface area contributed by atoms with Crippen molar-refractivity contribution in [1.82, 2.24) is 10.0 Å². The Balaban J connectivity index is 1.50. The van der Waals surface area contributed by atoms with E-state index in [2.05, 4.69) is 50.7 Å². The molecule has 0 fully saturated rings. The van der Waals surface area contributed by atoms with Gasteiger partial charge in [0.15, 0.2) is 0 Å². The molecule has 50 heavy (non-hydrogen) atoms. The van der Waals surface area contributed by atoms with Gasteiger partial charge in [-0.05, 0) is 0 Å². The number of aromatic nitrogens is 2. The fraction of sp³-hybridized carbons (Fsp3) is 0.351. The van der Waals surface area contributed by atoms with Crippen LogP contribution >= 0.6 is 8.58 Å². The molecule has 1 aliphatic carbocycles. The third-order valence-electron chi connectivity index (χ3n) is 10.8. The van der Waals surface area contributed by atoms with E-state index in [1.54, 1.807) is 0 Å². The Bertz CT molecular complexity index is 2270. The Labute approximate surface area is 300 Å². The Morgan fingerprint density at radius 3 is 2.40 bits per heavy atom. The standard InChI is InChI=1S/C37H39N5O6.ClH.In/c1-7-21-17(3)25-12-27-19(5)23(9-10-32(44)42(15-33(45)46)16-34(47)48)36(40-27)24-11-31(43)35-20(6)28(41-37(24)35)14-30-22(8-2)18(4)26(39-30)13-29(21)38-25;;/h7,12-14,19,23H,1,8-11,15-16H2,2-6H3,(H4,38,39,40,41,43,45,46,47,48);1H;/q;;+3/p-3/t19-,23-;;/m0../s1. The number of aliphatic carboxylic acids is 2. The summed E-state index contributed by atoms with van der Waals surface area (Å²) < 4.78 is 4.52. The molecule has 0 saturated carbocycles. The normalized spacial score (nSPS) is 19.9. The van der Waals surface area contributed by atoms with E-state index in [9.17, 15) is 29.4 Å². The van der Waals surface area contributed by atoms with Crippen molar-refractivity contribution in [3.63, 3.8) is 0 Å². The van der Waals surface area contributed by atoms with Crippen molar-refractivity contribution in [1.29, 1.82) is 0 Å². The van der Waals surface area contributed by atoms with Gasteiger partial charge in [-0.3, -0.25) is 0 Å². The number of aliphatic imine (C=N–C) groups is 2. The minimum absolute atomic E-state index is 0.00704. The Morgan fingerprint density at radius 2 is 1.76 bits per heavy atom. The van der Waals surface area contributed by atoms with Crippen molar-refractivity contribution in [3.05, 3.63) is 73.5 Å². The van der Waals surface area contributed by atoms with Gasteiger partial charge in [-0.15, -0.1) is 0 Å². The van der Waals surface area contributed by atoms with Gasteiger partial charge in [0.25, 0.3) is 0 Å². The molecule has 2 atom stereocenters. The van der Waals surface area contributed by atoms with E-state index in [0.717, 1.165) is 89.6 Å². The first kappa shape index (κ1) is 34.3. The van der Waals surface area contributed by atoms with Gasteiger partial charge in [0, 0.05) is 0 Å². The fourth-order valence-electron chi connectivity index (χ4n) is 8.34. The Morgan fingerprint density at radius 1 is 1.06 bits per heavy atom. The van der Waals surface area contributed by atoms with Crippen LogP contribution in [0.5, 0.6) is 0 Å². The second-order valence-corrected chi connectivity index (χ2v) is 20.9. The molecule has 5 aliphatic rings. The summed E-state index contributed by atoms with van der Waals surface area (Å²) in [7, 11) is 7.89. The number of rotatable bonds is 9. The van der Waals surface area contributed by atoms with Gasteiger partial charge in [-0.1, -0.05) is 0 Å². The van der Waals surface area contributed by atoms with Gasteiger partial charge in [-0.2, -0.15) is 0 Å².